The molecule has 1 saturated heterocycles. The van der Waals surface area contributed by atoms with Crippen LogP contribution >= 0.6 is 0 Å². The molecule has 0 radical (unpaired) electrons. The average molecular weight is 305 g/mol. The van der Waals surface area contributed by atoms with Crippen molar-refractivity contribution >= 4 is 5.97 Å². The van der Waals surface area contributed by atoms with E-state index in [0.717, 1.165) is 18.6 Å². The number of hydroxylamine groups is 2. The molecule has 0 aliphatic carbocycles. The lowest BCUT2D eigenvalue weighted by molar-refractivity contribution is -0.216. The van der Waals surface area contributed by atoms with Crippen LogP contribution in [0.4, 0.5) is 0 Å². The first kappa shape index (κ1) is 16.8. The maximum atomic E-state index is 11.7. The molecule has 1 aliphatic heterocycles. The van der Waals surface area contributed by atoms with E-state index in [9.17, 15) is 4.79 Å². The summed E-state index contributed by atoms with van der Waals surface area (Å²) in [7, 11) is 0. The van der Waals surface area contributed by atoms with Crippen molar-refractivity contribution in [3.8, 4) is 5.75 Å². The van der Waals surface area contributed by atoms with E-state index in [0.29, 0.717) is 12.2 Å². The molecular formula is C18H27NO3. The minimum atomic E-state index is -0.298. The SMILES string of the molecule is CCOC(=O)c1ccc(ON2C(C)(C)CCCC2(C)C)cc1. The molecule has 1 aliphatic rings. The quantitative estimate of drug-likeness (QED) is 0.781. The van der Waals surface area contributed by atoms with E-state index >= 15 is 0 Å². The first-order valence-corrected chi connectivity index (χ1v) is 8.02. The lowest BCUT2D eigenvalue weighted by Crippen LogP contribution is -2.59. The van der Waals surface area contributed by atoms with Crippen molar-refractivity contribution < 1.29 is 14.4 Å². The third-order valence-corrected chi connectivity index (χ3v) is 4.24. The second kappa shape index (κ2) is 6.29. The zero-order valence-corrected chi connectivity index (χ0v) is 14.3. The van der Waals surface area contributed by atoms with E-state index in [-0.39, 0.29) is 17.0 Å². The molecule has 1 aromatic carbocycles. The minimum Gasteiger partial charge on any atom is -0.462 e. The van der Waals surface area contributed by atoms with Crippen molar-refractivity contribution in [2.24, 2.45) is 0 Å². The summed E-state index contributed by atoms with van der Waals surface area (Å²) in [6.07, 6.45) is 3.43. The molecule has 2 rings (SSSR count). The summed E-state index contributed by atoms with van der Waals surface area (Å²) in [5, 5.41) is 2.10. The van der Waals surface area contributed by atoms with Crippen LogP contribution in [0, 0.1) is 0 Å². The van der Waals surface area contributed by atoms with Crippen LogP contribution in [0.3, 0.4) is 0 Å². The standard InChI is InChI=1S/C18H27NO3/c1-6-21-16(20)14-8-10-15(11-9-14)22-19-17(2,3)12-7-13-18(19,4)5/h8-11H,6-7,12-13H2,1-5H3. The van der Waals surface area contributed by atoms with E-state index in [2.05, 4.69) is 32.8 Å². The van der Waals surface area contributed by atoms with Crippen molar-refractivity contribution in [2.45, 2.75) is 65.0 Å². The molecular weight excluding hydrogens is 278 g/mol. The van der Waals surface area contributed by atoms with Gasteiger partial charge in [-0.15, -0.1) is 5.06 Å². The molecule has 0 spiro atoms. The Morgan fingerprint density at radius 1 is 1.09 bits per heavy atom. The molecule has 0 aromatic heterocycles. The number of piperidine rings is 1. The lowest BCUT2D eigenvalue weighted by atomic mass is 9.82. The molecule has 122 valence electrons. The van der Waals surface area contributed by atoms with Gasteiger partial charge in [-0.2, -0.15) is 0 Å². The third-order valence-electron chi connectivity index (χ3n) is 4.24. The largest absolute Gasteiger partial charge is 0.462 e. The molecule has 0 amide bonds. The molecule has 1 fully saturated rings. The summed E-state index contributed by atoms with van der Waals surface area (Å²) in [5.74, 6) is 0.448. The summed E-state index contributed by atoms with van der Waals surface area (Å²) in [6.45, 7) is 11.0. The van der Waals surface area contributed by atoms with Crippen molar-refractivity contribution in [3.63, 3.8) is 0 Å². The summed E-state index contributed by atoms with van der Waals surface area (Å²) in [5.41, 5.74) is 0.523. The summed E-state index contributed by atoms with van der Waals surface area (Å²) < 4.78 is 4.99. The number of esters is 1. The Labute approximate surface area is 133 Å². The number of benzene rings is 1. The smallest absolute Gasteiger partial charge is 0.338 e. The maximum Gasteiger partial charge on any atom is 0.338 e. The fourth-order valence-corrected chi connectivity index (χ4v) is 3.19. The molecule has 4 heteroatoms. The van der Waals surface area contributed by atoms with Crippen LogP contribution in [-0.2, 0) is 4.74 Å². The van der Waals surface area contributed by atoms with Gasteiger partial charge in [-0.05, 0) is 78.1 Å². The molecule has 1 heterocycles. The van der Waals surface area contributed by atoms with Crippen LogP contribution < -0.4 is 4.84 Å². The molecule has 4 nitrogen and oxygen atoms in total. The van der Waals surface area contributed by atoms with Gasteiger partial charge in [0.2, 0.25) is 0 Å². The van der Waals surface area contributed by atoms with Crippen LogP contribution in [0.25, 0.3) is 0 Å². The second-order valence-electron chi connectivity index (χ2n) is 7.11. The molecule has 0 unspecified atom stereocenters. The highest BCUT2D eigenvalue weighted by molar-refractivity contribution is 5.89. The molecule has 0 saturated carbocycles. The Hall–Kier alpha value is -1.55. The number of rotatable bonds is 4. The number of carbonyl (C=O) groups excluding carboxylic acids is 1. The van der Waals surface area contributed by atoms with Crippen LogP contribution in [0.5, 0.6) is 5.75 Å². The number of ether oxygens (including phenoxy) is 1. The number of hydrogen-bond donors (Lipinski definition) is 0. The first-order chi connectivity index (χ1) is 10.3. The lowest BCUT2D eigenvalue weighted by Gasteiger charge is -2.50. The molecule has 0 atom stereocenters. The second-order valence-corrected chi connectivity index (χ2v) is 7.11. The van der Waals surface area contributed by atoms with E-state index < -0.39 is 0 Å². The summed E-state index contributed by atoms with van der Waals surface area (Å²) >= 11 is 0. The summed E-state index contributed by atoms with van der Waals surface area (Å²) in [6, 6.07) is 7.15. The minimum absolute atomic E-state index is 0.0123. The molecule has 22 heavy (non-hydrogen) atoms. The van der Waals surface area contributed by atoms with Gasteiger partial charge in [-0.25, -0.2) is 4.79 Å². The highest BCUT2D eigenvalue weighted by Crippen LogP contribution is 2.38. The van der Waals surface area contributed by atoms with Crippen LogP contribution in [-0.4, -0.2) is 28.7 Å². The van der Waals surface area contributed by atoms with Crippen LogP contribution in [0.2, 0.25) is 0 Å². The first-order valence-electron chi connectivity index (χ1n) is 8.02. The van der Waals surface area contributed by atoms with Gasteiger partial charge in [0.05, 0.1) is 23.2 Å². The van der Waals surface area contributed by atoms with Crippen molar-refractivity contribution in [1.82, 2.24) is 5.06 Å². The van der Waals surface area contributed by atoms with Gasteiger partial charge < -0.3 is 9.57 Å². The number of nitrogens with zero attached hydrogens (tertiary/aromatic N) is 1. The number of carbonyl (C=O) groups is 1. The molecule has 0 N–H and O–H groups in total. The Balaban J connectivity index is 2.14. The fraction of sp³-hybridized carbons (Fsp3) is 0.611. The zero-order valence-electron chi connectivity index (χ0n) is 14.3. The normalized spacial score (nSPS) is 20.4. The monoisotopic (exact) mass is 305 g/mol. The van der Waals surface area contributed by atoms with Crippen LogP contribution in [0.15, 0.2) is 24.3 Å². The predicted molar refractivity (Wildman–Crippen MR) is 86.9 cm³/mol. The average Bonchev–Trinajstić information content (AvgIpc) is 2.43. The third kappa shape index (κ3) is 3.61. The van der Waals surface area contributed by atoms with E-state index in [1.54, 1.807) is 19.1 Å². The Morgan fingerprint density at radius 3 is 2.14 bits per heavy atom. The Kier molecular flexibility index (Phi) is 4.81. The van der Waals surface area contributed by atoms with Gasteiger partial charge in [0, 0.05) is 0 Å². The highest BCUT2D eigenvalue weighted by Gasteiger charge is 2.43. The molecule has 1 aromatic rings. The van der Waals surface area contributed by atoms with Crippen molar-refractivity contribution in [3.05, 3.63) is 29.8 Å². The number of hydrogen-bond acceptors (Lipinski definition) is 4. The highest BCUT2D eigenvalue weighted by atomic mass is 16.7. The Morgan fingerprint density at radius 2 is 1.64 bits per heavy atom. The van der Waals surface area contributed by atoms with Gasteiger partial charge in [0.25, 0.3) is 0 Å². The van der Waals surface area contributed by atoms with Crippen molar-refractivity contribution in [2.75, 3.05) is 6.61 Å². The fourth-order valence-electron chi connectivity index (χ4n) is 3.19. The Bertz CT molecular complexity index is 504. The van der Waals surface area contributed by atoms with Gasteiger partial charge >= 0.3 is 5.97 Å². The predicted octanol–water partition coefficient (Wildman–Crippen LogP) is 4.20. The molecule has 0 bridgehead atoms. The van der Waals surface area contributed by atoms with E-state index in [1.165, 1.54) is 6.42 Å². The van der Waals surface area contributed by atoms with Gasteiger partial charge in [-0.3, -0.25) is 0 Å². The topological polar surface area (TPSA) is 38.8 Å². The maximum absolute atomic E-state index is 11.7. The van der Waals surface area contributed by atoms with Crippen LogP contribution in [0.1, 0.15) is 64.2 Å². The summed E-state index contributed by atoms with van der Waals surface area (Å²) in [4.78, 5) is 17.8. The van der Waals surface area contributed by atoms with Gasteiger partial charge in [0.1, 0.15) is 5.75 Å². The van der Waals surface area contributed by atoms with Crippen molar-refractivity contribution in [1.29, 1.82) is 0 Å². The van der Waals surface area contributed by atoms with E-state index in [1.807, 2.05) is 12.1 Å². The zero-order chi connectivity index (χ0) is 16.4. The van der Waals surface area contributed by atoms with Gasteiger partial charge in [0.15, 0.2) is 0 Å². The van der Waals surface area contributed by atoms with Gasteiger partial charge in [-0.1, -0.05) is 0 Å². The van der Waals surface area contributed by atoms with E-state index in [4.69, 9.17) is 9.57 Å².